The van der Waals surface area contributed by atoms with Gasteiger partial charge in [0, 0.05) is 6.42 Å². The van der Waals surface area contributed by atoms with Gasteiger partial charge in [0.1, 0.15) is 0 Å². The normalized spacial score (nSPS) is 18.6. The molecular formula is C11H15NO2. The van der Waals surface area contributed by atoms with Gasteiger partial charge in [0.15, 0.2) is 11.5 Å². The summed E-state index contributed by atoms with van der Waals surface area (Å²) in [6.07, 6.45) is 1.64. The lowest BCUT2D eigenvalue weighted by Gasteiger charge is -2.08. The van der Waals surface area contributed by atoms with Crippen LogP contribution in [0.1, 0.15) is 18.4 Å². The topological polar surface area (TPSA) is 44.5 Å². The summed E-state index contributed by atoms with van der Waals surface area (Å²) < 4.78 is 11.2. The Labute approximate surface area is 83.8 Å². The average molecular weight is 193 g/mol. The maximum atomic E-state index is 5.61. The fraction of sp³-hybridized carbons (Fsp3) is 0.455. The Morgan fingerprint density at radius 3 is 2.86 bits per heavy atom. The standard InChI is InChI=1S/C11H15NO2/c1-8-4-5-9-10(7-8)14-11(13-9)3-2-6-12/h4-5,7,11H,2-3,6,12H2,1H3. The van der Waals surface area contributed by atoms with Crippen LogP contribution in [0.25, 0.3) is 0 Å². The summed E-state index contributed by atoms with van der Waals surface area (Å²) in [5.41, 5.74) is 6.61. The smallest absolute Gasteiger partial charge is 0.241 e. The highest BCUT2D eigenvalue weighted by atomic mass is 16.7. The fourth-order valence-electron chi connectivity index (χ4n) is 1.51. The predicted octanol–water partition coefficient (Wildman–Crippen LogP) is 1.83. The van der Waals surface area contributed by atoms with Gasteiger partial charge in [0.25, 0.3) is 0 Å². The molecular weight excluding hydrogens is 178 g/mol. The number of ether oxygens (including phenoxy) is 2. The molecule has 1 aromatic rings. The number of rotatable bonds is 3. The number of benzene rings is 1. The molecule has 0 aromatic heterocycles. The van der Waals surface area contributed by atoms with Gasteiger partial charge in [-0.2, -0.15) is 0 Å². The maximum absolute atomic E-state index is 5.61. The number of nitrogens with two attached hydrogens (primary N) is 1. The van der Waals surface area contributed by atoms with E-state index in [2.05, 4.69) is 0 Å². The van der Waals surface area contributed by atoms with Crippen molar-refractivity contribution in [3.05, 3.63) is 23.8 Å². The molecule has 1 atom stereocenters. The van der Waals surface area contributed by atoms with E-state index in [4.69, 9.17) is 15.2 Å². The van der Waals surface area contributed by atoms with Gasteiger partial charge in [0.2, 0.25) is 6.29 Å². The van der Waals surface area contributed by atoms with E-state index in [0.29, 0.717) is 6.54 Å². The molecule has 0 saturated carbocycles. The van der Waals surface area contributed by atoms with Crippen molar-refractivity contribution in [1.29, 1.82) is 0 Å². The molecule has 0 fully saturated rings. The van der Waals surface area contributed by atoms with E-state index in [1.165, 1.54) is 5.56 Å². The van der Waals surface area contributed by atoms with Crippen molar-refractivity contribution in [2.45, 2.75) is 26.1 Å². The predicted molar refractivity (Wildman–Crippen MR) is 54.5 cm³/mol. The minimum atomic E-state index is -0.143. The molecule has 0 amide bonds. The third kappa shape index (κ3) is 1.82. The van der Waals surface area contributed by atoms with Crippen molar-refractivity contribution < 1.29 is 9.47 Å². The van der Waals surface area contributed by atoms with Crippen LogP contribution in [0.4, 0.5) is 0 Å². The van der Waals surface area contributed by atoms with Crippen LogP contribution in [0, 0.1) is 6.92 Å². The molecule has 3 heteroatoms. The van der Waals surface area contributed by atoms with Crippen LogP contribution < -0.4 is 15.2 Å². The molecule has 1 unspecified atom stereocenters. The molecule has 14 heavy (non-hydrogen) atoms. The van der Waals surface area contributed by atoms with Crippen LogP contribution in [-0.4, -0.2) is 12.8 Å². The van der Waals surface area contributed by atoms with Gasteiger partial charge in [-0.1, -0.05) is 6.07 Å². The van der Waals surface area contributed by atoms with Crippen LogP contribution >= 0.6 is 0 Å². The zero-order valence-electron chi connectivity index (χ0n) is 8.32. The molecule has 3 nitrogen and oxygen atoms in total. The second-order valence-electron chi connectivity index (χ2n) is 3.55. The summed E-state index contributed by atoms with van der Waals surface area (Å²) >= 11 is 0. The zero-order chi connectivity index (χ0) is 9.97. The van der Waals surface area contributed by atoms with Gasteiger partial charge in [-0.15, -0.1) is 0 Å². The highest BCUT2D eigenvalue weighted by molar-refractivity contribution is 5.44. The first-order valence-corrected chi connectivity index (χ1v) is 4.93. The van der Waals surface area contributed by atoms with Gasteiger partial charge in [0.05, 0.1) is 0 Å². The molecule has 0 saturated heterocycles. The summed E-state index contributed by atoms with van der Waals surface area (Å²) in [6, 6.07) is 5.97. The Morgan fingerprint density at radius 2 is 2.07 bits per heavy atom. The van der Waals surface area contributed by atoms with Crippen molar-refractivity contribution in [2.24, 2.45) is 5.73 Å². The van der Waals surface area contributed by atoms with E-state index < -0.39 is 0 Å². The molecule has 0 spiro atoms. The summed E-state index contributed by atoms with van der Waals surface area (Å²) in [6.45, 7) is 2.72. The minimum Gasteiger partial charge on any atom is -0.451 e. The number of aryl methyl sites for hydroxylation is 1. The lowest BCUT2D eigenvalue weighted by Crippen LogP contribution is -2.19. The van der Waals surface area contributed by atoms with Crippen molar-refractivity contribution in [3.8, 4) is 11.5 Å². The molecule has 2 rings (SSSR count). The first-order chi connectivity index (χ1) is 6.79. The molecule has 76 valence electrons. The molecule has 1 aliphatic rings. The van der Waals surface area contributed by atoms with Crippen LogP contribution in [0.15, 0.2) is 18.2 Å². The van der Waals surface area contributed by atoms with E-state index in [1.54, 1.807) is 0 Å². The Balaban J connectivity index is 2.03. The number of fused-ring (bicyclic) bond motifs is 1. The molecule has 1 aliphatic heterocycles. The zero-order valence-corrected chi connectivity index (χ0v) is 8.32. The second-order valence-corrected chi connectivity index (χ2v) is 3.55. The largest absolute Gasteiger partial charge is 0.451 e. The van der Waals surface area contributed by atoms with Gasteiger partial charge >= 0.3 is 0 Å². The Hall–Kier alpha value is -1.22. The molecule has 0 radical (unpaired) electrons. The van der Waals surface area contributed by atoms with Gasteiger partial charge in [-0.25, -0.2) is 0 Å². The van der Waals surface area contributed by atoms with E-state index in [0.717, 1.165) is 24.3 Å². The van der Waals surface area contributed by atoms with Crippen molar-refractivity contribution in [1.82, 2.24) is 0 Å². The lowest BCUT2D eigenvalue weighted by molar-refractivity contribution is 0.0407. The van der Waals surface area contributed by atoms with Gasteiger partial charge in [-0.3, -0.25) is 0 Å². The van der Waals surface area contributed by atoms with Gasteiger partial charge in [-0.05, 0) is 37.6 Å². The summed E-state index contributed by atoms with van der Waals surface area (Å²) in [5, 5.41) is 0. The van der Waals surface area contributed by atoms with E-state index >= 15 is 0 Å². The second kappa shape index (κ2) is 3.88. The van der Waals surface area contributed by atoms with Gasteiger partial charge < -0.3 is 15.2 Å². The Bertz CT molecular complexity index is 325. The van der Waals surface area contributed by atoms with E-state index in [-0.39, 0.29) is 6.29 Å². The highest BCUT2D eigenvalue weighted by Gasteiger charge is 2.22. The molecule has 0 aliphatic carbocycles. The number of hydrogen-bond donors (Lipinski definition) is 1. The maximum Gasteiger partial charge on any atom is 0.241 e. The molecule has 1 heterocycles. The molecule has 1 aromatic carbocycles. The summed E-state index contributed by atoms with van der Waals surface area (Å²) in [7, 11) is 0. The van der Waals surface area contributed by atoms with Crippen LogP contribution in [-0.2, 0) is 0 Å². The van der Waals surface area contributed by atoms with Crippen molar-refractivity contribution in [2.75, 3.05) is 6.54 Å². The van der Waals surface area contributed by atoms with Crippen molar-refractivity contribution in [3.63, 3.8) is 0 Å². The summed E-state index contributed by atoms with van der Waals surface area (Å²) in [4.78, 5) is 0. The first kappa shape index (κ1) is 9.34. The van der Waals surface area contributed by atoms with Crippen molar-refractivity contribution >= 4 is 0 Å². The fourth-order valence-corrected chi connectivity index (χ4v) is 1.51. The monoisotopic (exact) mass is 193 g/mol. The molecule has 0 bridgehead atoms. The minimum absolute atomic E-state index is 0.143. The average Bonchev–Trinajstić information content (AvgIpc) is 2.56. The van der Waals surface area contributed by atoms with E-state index in [9.17, 15) is 0 Å². The SMILES string of the molecule is Cc1ccc2c(c1)OC(CCCN)O2. The highest BCUT2D eigenvalue weighted by Crippen LogP contribution is 2.36. The first-order valence-electron chi connectivity index (χ1n) is 4.93. The summed E-state index contributed by atoms with van der Waals surface area (Å²) in [5.74, 6) is 1.70. The van der Waals surface area contributed by atoms with Crippen LogP contribution in [0.2, 0.25) is 0 Å². The Kier molecular flexibility index (Phi) is 2.59. The lowest BCUT2D eigenvalue weighted by atomic mass is 10.2. The van der Waals surface area contributed by atoms with Crippen LogP contribution in [0.3, 0.4) is 0 Å². The third-order valence-electron chi connectivity index (χ3n) is 2.26. The Morgan fingerprint density at radius 1 is 1.29 bits per heavy atom. The third-order valence-corrected chi connectivity index (χ3v) is 2.26. The molecule has 2 N–H and O–H groups in total. The number of hydrogen-bond acceptors (Lipinski definition) is 3. The van der Waals surface area contributed by atoms with E-state index in [1.807, 2.05) is 25.1 Å². The van der Waals surface area contributed by atoms with Crippen LogP contribution in [0.5, 0.6) is 11.5 Å². The quantitative estimate of drug-likeness (QED) is 0.796.